The van der Waals surface area contributed by atoms with Crippen molar-refractivity contribution in [2.75, 3.05) is 9.80 Å². The van der Waals surface area contributed by atoms with Crippen LogP contribution in [0, 0.1) is 13.8 Å². The first kappa shape index (κ1) is 32.5. The van der Waals surface area contributed by atoms with Gasteiger partial charge in [0.05, 0.1) is 5.69 Å². The number of nitrogens with zero attached hydrogens (tertiary/aromatic N) is 2. The number of anilines is 6. The van der Waals surface area contributed by atoms with Gasteiger partial charge >= 0.3 is 0 Å². The molecule has 0 heterocycles. The van der Waals surface area contributed by atoms with Gasteiger partial charge < -0.3 is 9.80 Å². The lowest BCUT2D eigenvalue weighted by molar-refractivity contribution is 0.660. The predicted octanol–water partition coefficient (Wildman–Crippen LogP) is 14.4. The summed E-state index contributed by atoms with van der Waals surface area (Å²) in [4.78, 5) is 4.76. The Morgan fingerprint density at radius 2 is 0.849 bits per heavy atom. The molecule has 0 spiro atoms. The molecule has 0 saturated carbocycles. The summed E-state index contributed by atoms with van der Waals surface area (Å²) in [5.41, 5.74) is 17.1. The lowest BCUT2D eigenvalue weighted by Crippen LogP contribution is -2.16. The van der Waals surface area contributed by atoms with E-state index in [9.17, 15) is 0 Å². The third-order valence-electron chi connectivity index (χ3n) is 10.9. The highest BCUT2D eigenvalue weighted by molar-refractivity contribution is 6.06. The van der Waals surface area contributed by atoms with Crippen molar-refractivity contribution in [1.29, 1.82) is 0 Å². The zero-order valence-corrected chi connectivity index (χ0v) is 30.7. The van der Waals surface area contributed by atoms with E-state index in [1.807, 2.05) is 0 Å². The first-order valence-electron chi connectivity index (χ1n) is 18.5. The minimum Gasteiger partial charge on any atom is -0.310 e. The molecule has 53 heavy (non-hydrogen) atoms. The number of aryl methyl sites for hydroxylation is 2. The van der Waals surface area contributed by atoms with E-state index in [4.69, 9.17) is 0 Å². The molecule has 9 rings (SSSR count). The quantitative estimate of drug-likeness (QED) is 0.165. The summed E-state index contributed by atoms with van der Waals surface area (Å²) in [6.45, 7) is 9.08. The van der Waals surface area contributed by atoms with Gasteiger partial charge in [-0.05, 0) is 137 Å². The fourth-order valence-electron chi connectivity index (χ4n) is 8.32. The molecule has 1 aliphatic rings. The Kier molecular flexibility index (Phi) is 7.97. The van der Waals surface area contributed by atoms with Crippen LogP contribution in [0.25, 0.3) is 33.0 Å². The molecule has 0 radical (unpaired) electrons. The molecular formula is C51H42N2. The summed E-state index contributed by atoms with van der Waals surface area (Å²) in [5, 5.41) is 2.47. The zero-order valence-electron chi connectivity index (χ0n) is 30.7. The van der Waals surface area contributed by atoms with Gasteiger partial charge in [-0.15, -0.1) is 0 Å². The minimum absolute atomic E-state index is 0.182. The predicted molar refractivity (Wildman–Crippen MR) is 226 cm³/mol. The molecule has 0 amide bonds. The Balaban J connectivity index is 1.15. The standard InChI is InChI=1S/C51H42N2/c1-35-15-13-21-40(31-35)53(41-22-14-16-36(2)32-41)50-30-29-43(44-23-11-12-24-47(44)50)37-25-27-45-46-28-26-42(34-49(46)51(3,4)48(45)33-37)52(38-17-7-5-8-18-38)39-19-9-6-10-20-39/h5-34H,1-4H3. The van der Waals surface area contributed by atoms with E-state index in [0.29, 0.717) is 0 Å². The Labute approximate surface area is 313 Å². The molecule has 256 valence electrons. The van der Waals surface area contributed by atoms with Gasteiger partial charge in [-0.25, -0.2) is 0 Å². The molecule has 0 bridgehead atoms. The van der Waals surface area contributed by atoms with E-state index in [1.54, 1.807) is 0 Å². The molecule has 0 aliphatic heterocycles. The van der Waals surface area contributed by atoms with Crippen molar-refractivity contribution in [3.8, 4) is 22.3 Å². The second-order valence-electron chi connectivity index (χ2n) is 14.8. The third kappa shape index (κ3) is 5.68. The molecule has 8 aromatic rings. The van der Waals surface area contributed by atoms with Gasteiger partial charge in [0, 0.05) is 39.2 Å². The van der Waals surface area contributed by atoms with Crippen LogP contribution >= 0.6 is 0 Å². The molecule has 0 unspecified atom stereocenters. The molecule has 0 aromatic heterocycles. The largest absolute Gasteiger partial charge is 0.310 e. The summed E-state index contributed by atoms with van der Waals surface area (Å²) >= 11 is 0. The van der Waals surface area contributed by atoms with E-state index in [2.05, 4.69) is 219 Å². The molecule has 0 atom stereocenters. The highest BCUT2D eigenvalue weighted by Crippen LogP contribution is 2.52. The van der Waals surface area contributed by atoms with Crippen LogP contribution in [-0.4, -0.2) is 0 Å². The zero-order chi connectivity index (χ0) is 36.1. The highest BCUT2D eigenvalue weighted by Gasteiger charge is 2.36. The van der Waals surface area contributed by atoms with Crippen molar-refractivity contribution in [2.45, 2.75) is 33.1 Å². The van der Waals surface area contributed by atoms with Crippen LogP contribution in [0.3, 0.4) is 0 Å². The lowest BCUT2D eigenvalue weighted by atomic mass is 9.81. The van der Waals surface area contributed by atoms with Gasteiger partial charge in [0.25, 0.3) is 0 Å². The maximum atomic E-state index is 2.45. The minimum atomic E-state index is -0.182. The first-order chi connectivity index (χ1) is 25.9. The van der Waals surface area contributed by atoms with Gasteiger partial charge in [0.1, 0.15) is 0 Å². The van der Waals surface area contributed by atoms with Crippen molar-refractivity contribution in [3.63, 3.8) is 0 Å². The molecule has 2 heteroatoms. The molecule has 1 aliphatic carbocycles. The summed E-state index contributed by atoms with van der Waals surface area (Å²) in [6, 6.07) is 66.5. The summed E-state index contributed by atoms with van der Waals surface area (Å²) in [7, 11) is 0. The van der Waals surface area contributed by atoms with Gasteiger partial charge in [-0.3, -0.25) is 0 Å². The molecular weight excluding hydrogens is 641 g/mol. The molecule has 2 nitrogen and oxygen atoms in total. The van der Waals surface area contributed by atoms with E-state index >= 15 is 0 Å². The third-order valence-corrected chi connectivity index (χ3v) is 10.9. The number of para-hydroxylation sites is 2. The van der Waals surface area contributed by atoms with Crippen LogP contribution in [0.4, 0.5) is 34.1 Å². The number of benzene rings is 8. The molecule has 0 fully saturated rings. The molecule has 0 saturated heterocycles. The number of rotatable bonds is 7. The average Bonchev–Trinajstić information content (AvgIpc) is 3.41. The van der Waals surface area contributed by atoms with Crippen LogP contribution in [0.5, 0.6) is 0 Å². The van der Waals surface area contributed by atoms with E-state index < -0.39 is 0 Å². The fourth-order valence-corrected chi connectivity index (χ4v) is 8.32. The normalized spacial score (nSPS) is 12.7. The SMILES string of the molecule is Cc1cccc(N(c2cccc(C)c2)c2ccc(-c3ccc4c(c3)C(C)(C)c3cc(N(c5ccccc5)c5ccccc5)ccc3-4)c3ccccc23)c1. The van der Waals surface area contributed by atoms with E-state index in [-0.39, 0.29) is 5.41 Å². The Morgan fingerprint density at radius 3 is 1.45 bits per heavy atom. The summed E-state index contributed by atoms with van der Waals surface area (Å²) in [5.74, 6) is 0. The van der Waals surface area contributed by atoms with Gasteiger partial charge in [-0.1, -0.05) is 123 Å². The maximum Gasteiger partial charge on any atom is 0.0540 e. The average molecular weight is 683 g/mol. The van der Waals surface area contributed by atoms with Crippen molar-refractivity contribution >= 4 is 44.9 Å². The number of hydrogen-bond donors (Lipinski definition) is 0. The van der Waals surface area contributed by atoms with Crippen molar-refractivity contribution in [3.05, 3.63) is 204 Å². The van der Waals surface area contributed by atoms with Crippen molar-refractivity contribution in [1.82, 2.24) is 0 Å². The van der Waals surface area contributed by atoms with Gasteiger partial charge in [0.2, 0.25) is 0 Å². The van der Waals surface area contributed by atoms with Crippen molar-refractivity contribution < 1.29 is 0 Å². The molecule has 8 aromatic carbocycles. The van der Waals surface area contributed by atoms with Gasteiger partial charge in [-0.2, -0.15) is 0 Å². The highest BCUT2D eigenvalue weighted by atomic mass is 15.1. The van der Waals surface area contributed by atoms with Crippen LogP contribution in [0.15, 0.2) is 182 Å². The monoisotopic (exact) mass is 682 g/mol. The number of hydrogen-bond acceptors (Lipinski definition) is 2. The Hall–Kier alpha value is -6.38. The van der Waals surface area contributed by atoms with Crippen LogP contribution in [0.1, 0.15) is 36.1 Å². The second kappa shape index (κ2) is 13.0. The Morgan fingerprint density at radius 1 is 0.358 bits per heavy atom. The topological polar surface area (TPSA) is 6.48 Å². The molecule has 0 N–H and O–H groups in total. The Bertz CT molecular complexity index is 2530. The van der Waals surface area contributed by atoms with Crippen molar-refractivity contribution in [2.24, 2.45) is 0 Å². The summed E-state index contributed by atoms with van der Waals surface area (Å²) in [6.07, 6.45) is 0. The summed E-state index contributed by atoms with van der Waals surface area (Å²) < 4.78 is 0. The smallest absolute Gasteiger partial charge is 0.0540 e. The number of fused-ring (bicyclic) bond motifs is 4. The van der Waals surface area contributed by atoms with Gasteiger partial charge in [0.15, 0.2) is 0 Å². The van der Waals surface area contributed by atoms with E-state index in [0.717, 1.165) is 28.4 Å². The first-order valence-corrected chi connectivity index (χ1v) is 18.5. The van der Waals surface area contributed by atoms with Crippen LogP contribution in [-0.2, 0) is 5.41 Å². The second-order valence-corrected chi connectivity index (χ2v) is 14.8. The maximum absolute atomic E-state index is 2.45. The van der Waals surface area contributed by atoms with Crippen LogP contribution in [0.2, 0.25) is 0 Å². The fraction of sp³-hybridized carbons (Fsp3) is 0.0980. The lowest BCUT2D eigenvalue weighted by Gasteiger charge is -2.28. The van der Waals surface area contributed by atoms with E-state index in [1.165, 1.54) is 61.0 Å². The van der Waals surface area contributed by atoms with Crippen LogP contribution < -0.4 is 9.80 Å².